The van der Waals surface area contributed by atoms with Crippen LogP contribution >= 0.6 is 11.8 Å². The summed E-state index contributed by atoms with van der Waals surface area (Å²) in [6.07, 6.45) is 0.699. The summed E-state index contributed by atoms with van der Waals surface area (Å²) in [5.74, 6) is 0.588. The molecule has 0 aliphatic carbocycles. The Kier molecular flexibility index (Phi) is 4.28. The summed E-state index contributed by atoms with van der Waals surface area (Å²) in [6.45, 7) is 2.53. The number of aromatic nitrogens is 3. The molecule has 2 heterocycles. The van der Waals surface area contributed by atoms with Gasteiger partial charge in [-0.2, -0.15) is 0 Å². The van der Waals surface area contributed by atoms with Gasteiger partial charge in [0.05, 0.1) is 6.61 Å². The Balaban J connectivity index is 1.81. The number of thioether (sulfide) groups is 1. The predicted molar refractivity (Wildman–Crippen MR) is 96.8 cm³/mol. The molecular formula is C19H17N3O2S. The zero-order valence-corrected chi connectivity index (χ0v) is 14.6. The van der Waals surface area contributed by atoms with Crippen LogP contribution in [0.25, 0.3) is 17.1 Å². The molecule has 2 aromatic carbocycles. The van der Waals surface area contributed by atoms with Crippen molar-refractivity contribution in [3.05, 3.63) is 60.2 Å². The van der Waals surface area contributed by atoms with Crippen molar-refractivity contribution in [2.75, 3.05) is 6.61 Å². The minimum atomic E-state index is -0.226. The molecule has 1 atom stereocenters. The van der Waals surface area contributed by atoms with Crippen molar-refractivity contribution in [2.24, 2.45) is 0 Å². The average Bonchev–Trinajstić information content (AvgIpc) is 3.23. The van der Waals surface area contributed by atoms with Crippen LogP contribution in [-0.2, 0) is 9.53 Å². The second-order valence-electron chi connectivity index (χ2n) is 5.91. The lowest BCUT2D eigenvalue weighted by Crippen LogP contribution is -2.11. The molecule has 1 fully saturated rings. The lowest BCUT2D eigenvalue weighted by Gasteiger charge is -2.12. The molecule has 0 radical (unpaired) electrons. The van der Waals surface area contributed by atoms with Crippen LogP contribution in [0, 0.1) is 6.92 Å². The van der Waals surface area contributed by atoms with Gasteiger partial charge in [0.15, 0.2) is 11.0 Å². The Morgan fingerprint density at radius 2 is 1.96 bits per heavy atom. The normalized spacial score (nSPS) is 16.8. The first-order valence-corrected chi connectivity index (χ1v) is 9.01. The third-order valence-corrected chi connectivity index (χ3v) is 5.25. The molecule has 1 aromatic heterocycles. The average molecular weight is 351 g/mol. The molecule has 0 bridgehead atoms. The fraction of sp³-hybridized carbons (Fsp3) is 0.211. The number of carbonyl (C=O) groups excluding carboxylic acids is 1. The van der Waals surface area contributed by atoms with Crippen molar-refractivity contribution in [2.45, 2.75) is 23.8 Å². The van der Waals surface area contributed by atoms with E-state index in [-0.39, 0.29) is 11.2 Å². The topological polar surface area (TPSA) is 57.0 Å². The lowest BCUT2D eigenvalue weighted by atomic mass is 10.2. The third kappa shape index (κ3) is 3.17. The van der Waals surface area contributed by atoms with Crippen molar-refractivity contribution in [1.29, 1.82) is 0 Å². The molecule has 3 aromatic rings. The van der Waals surface area contributed by atoms with Gasteiger partial charge in [0.2, 0.25) is 0 Å². The summed E-state index contributed by atoms with van der Waals surface area (Å²) in [5, 5.41) is 9.24. The molecule has 1 aliphatic rings. The van der Waals surface area contributed by atoms with E-state index >= 15 is 0 Å². The van der Waals surface area contributed by atoms with Crippen molar-refractivity contribution >= 4 is 17.7 Å². The number of esters is 1. The van der Waals surface area contributed by atoms with E-state index in [1.165, 1.54) is 11.8 Å². The number of hydrogen-bond donors (Lipinski definition) is 0. The summed E-state index contributed by atoms with van der Waals surface area (Å²) in [7, 11) is 0. The van der Waals surface area contributed by atoms with Gasteiger partial charge in [0, 0.05) is 17.7 Å². The highest BCUT2D eigenvalue weighted by atomic mass is 32.2. The van der Waals surface area contributed by atoms with Gasteiger partial charge in [0.1, 0.15) is 5.25 Å². The quantitative estimate of drug-likeness (QED) is 0.672. The Hall–Kier alpha value is -2.60. The van der Waals surface area contributed by atoms with Gasteiger partial charge in [-0.25, -0.2) is 0 Å². The number of benzene rings is 2. The van der Waals surface area contributed by atoms with Crippen LogP contribution < -0.4 is 0 Å². The summed E-state index contributed by atoms with van der Waals surface area (Å²) >= 11 is 1.42. The summed E-state index contributed by atoms with van der Waals surface area (Å²) in [6, 6.07) is 18.1. The predicted octanol–water partition coefficient (Wildman–Crippen LogP) is 3.65. The maximum Gasteiger partial charge on any atom is 0.319 e. The first-order chi connectivity index (χ1) is 12.2. The highest BCUT2D eigenvalue weighted by Gasteiger charge is 2.30. The molecule has 1 unspecified atom stereocenters. The summed E-state index contributed by atoms with van der Waals surface area (Å²) < 4.78 is 7.09. The number of carbonyl (C=O) groups is 1. The van der Waals surface area contributed by atoms with Crippen LogP contribution in [0.2, 0.25) is 0 Å². The van der Waals surface area contributed by atoms with Crippen molar-refractivity contribution < 1.29 is 9.53 Å². The van der Waals surface area contributed by atoms with E-state index in [1.54, 1.807) is 0 Å². The molecule has 5 nitrogen and oxygen atoms in total. The second-order valence-corrected chi connectivity index (χ2v) is 7.08. The molecule has 1 saturated heterocycles. The zero-order chi connectivity index (χ0) is 17.2. The Bertz CT molecular complexity index is 908. The molecule has 6 heteroatoms. The van der Waals surface area contributed by atoms with Crippen LogP contribution in [0.4, 0.5) is 0 Å². The van der Waals surface area contributed by atoms with Gasteiger partial charge in [-0.05, 0) is 24.6 Å². The number of cyclic esters (lactones) is 1. The maximum absolute atomic E-state index is 11.9. The van der Waals surface area contributed by atoms with Gasteiger partial charge in [-0.15, -0.1) is 10.2 Å². The molecule has 0 saturated carbocycles. The molecule has 0 amide bonds. The molecular weight excluding hydrogens is 334 g/mol. The summed E-state index contributed by atoms with van der Waals surface area (Å²) in [4.78, 5) is 11.9. The molecule has 4 rings (SSSR count). The van der Waals surface area contributed by atoms with E-state index in [0.29, 0.717) is 18.2 Å². The van der Waals surface area contributed by atoms with E-state index in [2.05, 4.69) is 29.3 Å². The number of nitrogens with zero attached hydrogens (tertiary/aromatic N) is 3. The van der Waals surface area contributed by atoms with Crippen LogP contribution in [0.3, 0.4) is 0 Å². The standard InChI is InChI=1S/C19H17N3O2S/c1-13-6-5-9-15(12-13)22-17(14-7-3-2-4-8-14)20-21-19(22)25-16-10-11-24-18(16)23/h2-9,12,16H,10-11H2,1H3. The van der Waals surface area contributed by atoms with E-state index in [4.69, 9.17) is 4.74 Å². The van der Waals surface area contributed by atoms with Crippen molar-refractivity contribution in [3.63, 3.8) is 0 Å². The largest absolute Gasteiger partial charge is 0.465 e. The molecule has 126 valence electrons. The van der Waals surface area contributed by atoms with Gasteiger partial charge in [0.25, 0.3) is 0 Å². The Morgan fingerprint density at radius 3 is 2.68 bits per heavy atom. The lowest BCUT2D eigenvalue weighted by molar-refractivity contribution is -0.137. The SMILES string of the molecule is Cc1cccc(-n2c(SC3CCOC3=O)nnc2-c2ccccc2)c1. The number of ether oxygens (including phenoxy) is 1. The molecule has 25 heavy (non-hydrogen) atoms. The van der Waals surface area contributed by atoms with Crippen molar-refractivity contribution in [3.8, 4) is 17.1 Å². The first-order valence-electron chi connectivity index (χ1n) is 8.13. The van der Waals surface area contributed by atoms with Gasteiger partial charge < -0.3 is 4.74 Å². The van der Waals surface area contributed by atoms with Gasteiger partial charge >= 0.3 is 5.97 Å². The van der Waals surface area contributed by atoms with Crippen LogP contribution in [0.1, 0.15) is 12.0 Å². The molecule has 1 aliphatic heterocycles. The monoisotopic (exact) mass is 351 g/mol. The minimum absolute atomic E-state index is 0.176. The zero-order valence-electron chi connectivity index (χ0n) is 13.8. The first kappa shape index (κ1) is 15.9. The van der Waals surface area contributed by atoms with E-state index in [1.807, 2.05) is 47.0 Å². The maximum atomic E-state index is 11.9. The van der Waals surface area contributed by atoms with E-state index < -0.39 is 0 Å². The van der Waals surface area contributed by atoms with Crippen LogP contribution in [-0.4, -0.2) is 32.6 Å². The van der Waals surface area contributed by atoms with Crippen LogP contribution in [0.5, 0.6) is 0 Å². The smallest absolute Gasteiger partial charge is 0.319 e. The third-order valence-electron chi connectivity index (χ3n) is 4.06. The van der Waals surface area contributed by atoms with Crippen molar-refractivity contribution in [1.82, 2.24) is 14.8 Å². The highest BCUT2D eigenvalue weighted by Crippen LogP contribution is 2.33. The van der Waals surface area contributed by atoms with Gasteiger partial charge in [-0.3, -0.25) is 9.36 Å². The Morgan fingerprint density at radius 1 is 1.12 bits per heavy atom. The number of rotatable bonds is 4. The fourth-order valence-corrected chi connectivity index (χ4v) is 3.85. The highest BCUT2D eigenvalue weighted by molar-refractivity contribution is 8.00. The van der Waals surface area contributed by atoms with Gasteiger partial charge in [-0.1, -0.05) is 54.2 Å². The molecule has 0 N–H and O–H groups in total. The van der Waals surface area contributed by atoms with E-state index in [0.717, 1.165) is 22.6 Å². The van der Waals surface area contributed by atoms with Crippen LogP contribution in [0.15, 0.2) is 59.8 Å². The minimum Gasteiger partial charge on any atom is -0.465 e. The Labute approximate surface area is 150 Å². The fourth-order valence-electron chi connectivity index (χ4n) is 2.83. The number of hydrogen-bond acceptors (Lipinski definition) is 5. The molecule has 0 spiro atoms. The number of aryl methyl sites for hydroxylation is 1. The summed E-state index contributed by atoms with van der Waals surface area (Å²) in [5.41, 5.74) is 3.12. The second kappa shape index (κ2) is 6.72. The van der Waals surface area contributed by atoms with E-state index in [9.17, 15) is 4.79 Å².